The fraction of sp³-hybridized carbons (Fsp3) is 0.188. The number of hydrogen-bond donors (Lipinski definition) is 1. The number of methoxy groups -OCH3 is 1. The van der Waals surface area contributed by atoms with E-state index in [1.807, 2.05) is 54.6 Å². The van der Waals surface area contributed by atoms with Crippen LogP contribution in [0, 0.1) is 0 Å². The van der Waals surface area contributed by atoms with E-state index in [1.54, 1.807) is 0 Å². The van der Waals surface area contributed by atoms with E-state index in [9.17, 15) is 4.79 Å². The van der Waals surface area contributed by atoms with Gasteiger partial charge in [0.2, 0.25) is 0 Å². The lowest BCUT2D eigenvalue weighted by Crippen LogP contribution is -2.48. The van der Waals surface area contributed by atoms with Crippen molar-refractivity contribution in [2.24, 2.45) is 5.73 Å². The number of carbonyl (C=O) groups is 1. The molecule has 0 aliphatic heterocycles. The van der Waals surface area contributed by atoms with Gasteiger partial charge in [0.1, 0.15) is 5.54 Å². The highest BCUT2D eigenvalue weighted by Gasteiger charge is 2.37. The normalized spacial score (nSPS) is 13.5. The number of carbonyl (C=O) groups excluding carboxylic acids is 1. The molecular formula is C16H16ClNO2S. The Morgan fingerprint density at radius 3 is 2.38 bits per heavy atom. The molecule has 5 heteroatoms. The van der Waals surface area contributed by atoms with Gasteiger partial charge in [-0.1, -0.05) is 41.9 Å². The third-order valence-corrected chi connectivity index (χ3v) is 4.58. The lowest BCUT2D eigenvalue weighted by atomic mass is 9.93. The first-order valence-electron chi connectivity index (χ1n) is 6.37. The maximum Gasteiger partial charge on any atom is 0.331 e. The molecule has 1 atom stereocenters. The fourth-order valence-electron chi connectivity index (χ4n) is 1.91. The molecule has 1 unspecified atom stereocenters. The third kappa shape index (κ3) is 3.79. The molecule has 21 heavy (non-hydrogen) atoms. The number of halogens is 1. The van der Waals surface area contributed by atoms with Gasteiger partial charge in [0.05, 0.1) is 7.11 Å². The molecule has 2 rings (SSSR count). The van der Waals surface area contributed by atoms with Crippen LogP contribution in [0.1, 0.15) is 5.56 Å². The van der Waals surface area contributed by atoms with E-state index in [-0.39, 0.29) is 0 Å². The number of thioether (sulfide) groups is 1. The highest BCUT2D eigenvalue weighted by molar-refractivity contribution is 7.99. The number of rotatable bonds is 5. The van der Waals surface area contributed by atoms with Crippen molar-refractivity contribution in [3.05, 3.63) is 65.2 Å². The summed E-state index contributed by atoms with van der Waals surface area (Å²) in [5, 5.41) is 0.675. The van der Waals surface area contributed by atoms with Gasteiger partial charge in [0.15, 0.2) is 0 Å². The number of ether oxygens (including phenoxy) is 1. The van der Waals surface area contributed by atoms with Crippen LogP contribution in [0.25, 0.3) is 0 Å². The van der Waals surface area contributed by atoms with Crippen LogP contribution in [-0.2, 0) is 15.1 Å². The van der Waals surface area contributed by atoms with Crippen molar-refractivity contribution in [2.75, 3.05) is 12.9 Å². The summed E-state index contributed by atoms with van der Waals surface area (Å²) in [4.78, 5) is 13.1. The summed E-state index contributed by atoms with van der Waals surface area (Å²) in [6.07, 6.45) is 0. The highest BCUT2D eigenvalue weighted by Crippen LogP contribution is 2.29. The molecular weight excluding hydrogens is 306 g/mol. The summed E-state index contributed by atoms with van der Waals surface area (Å²) in [6, 6.07) is 16.7. The zero-order valence-corrected chi connectivity index (χ0v) is 13.2. The van der Waals surface area contributed by atoms with E-state index in [0.717, 1.165) is 10.5 Å². The average molecular weight is 322 g/mol. The Balaban J connectivity index is 2.21. The van der Waals surface area contributed by atoms with Crippen LogP contribution in [0.2, 0.25) is 5.02 Å². The molecule has 0 heterocycles. The number of nitrogens with two attached hydrogens (primary N) is 1. The second-order valence-corrected chi connectivity index (χ2v) is 6.06. The van der Waals surface area contributed by atoms with Crippen LogP contribution >= 0.6 is 23.4 Å². The molecule has 0 aliphatic carbocycles. The molecule has 0 spiro atoms. The summed E-state index contributed by atoms with van der Waals surface area (Å²) in [6.45, 7) is 0. The first-order chi connectivity index (χ1) is 10.1. The van der Waals surface area contributed by atoms with Crippen LogP contribution in [0.15, 0.2) is 59.5 Å². The second kappa shape index (κ2) is 6.98. The zero-order valence-electron chi connectivity index (χ0n) is 11.6. The molecule has 0 bridgehead atoms. The van der Waals surface area contributed by atoms with E-state index < -0.39 is 11.5 Å². The lowest BCUT2D eigenvalue weighted by Gasteiger charge is -2.26. The van der Waals surface area contributed by atoms with Crippen molar-refractivity contribution >= 4 is 29.3 Å². The summed E-state index contributed by atoms with van der Waals surface area (Å²) in [5.74, 6) is -0.0686. The fourth-order valence-corrected chi connectivity index (χ4v) is 3.04. The first kappa shape index (κ1) is 15.9. The Kier molecular flexibility index (Phi) is 5.28. The summed E-state index contributed by atoms with van der Waals surface area (Å²) in [7, 11) is 1.35. The van der Waals surface area contributed by atoms with E-state index in [4.69, 9.17) is 22.1 Å². The zero-order chi connectivity index (χ0) is 15.3. The third-order valence-electron chi connectivity index (χ3n) is 3.12. The lowest BCUT2D eigenvalue weighted by molar-refractivity contribution is -0.146. The van der Waals surface area contributed by atoms with Crippen LogP contribution in [0.4, 0.5) is 0 Å². The number of hydrogen-bond acceptors (Lipinski definition) is 4. The van der Waals surface area contributed by atoms with Gasteiger partial charge in [0, 0.05) is 15.7 Å². The molecule has 0 saturated carbocycles. The topological polar surface area (TPSA) is 52.3 Å². The molecule has 2 aromatic carbocycles. The van der Waals surface area contributed by atoms with E-state index in [0.29, 0.717) is 10.8 Å². The maximum atomic E-state index is 12.1. The highest BCUT2D eigenvalue weighted by atomic mass is 35.5. The summed E-state index contributed by atoms with van der Waals surface area (Å²) >= 11 is 7.35. The van der Waals surface area contributed by atoms with Crippen LogP contribution < -0.4 is 5.73 Å². The second-order valence-electron chi connectivity index (χ2n) is 4.57. The number of esters is 1. The van der Waals surface area contributed by atoms with Crippen molar-refractivity contribution in [1.29, 1.82) is 0 Å². The number of benzene rings is 2. The molecule has 0 saturated heterocycles. The first-order valence-corrected chi connectivity index (χ1v) is 7.74. The van der Waals surface area contributed by atoms with Gasteiger partial charge in [-0.3, -0.25) is 0 Å². The Morgan fingerprint density at radius 1 is 1.19 bits per heavy atom. The van der Waals surface area contributed by atoms with Crippen LogP contribution in [0.5, 0.6) is 0 Å². The Morgan fingerprint density at radius 2 is 1.81 bits per heavy atom. The van der Waals surface area contributed by atoms with Gasteiger partial charge in [-0.05, 0) is 29.8 Å². The quantitative estimate of drug-likeness (QED) is 0.677. The predicted molar refractivity (Wildman–Crippen MR) is 86.5 cm³/mol. The van der Waals surface area contributed by atoms with Crippen molar-refractivity contribution in [3.8, 4) is 0 Å². The molecule has 2 aromatic rings. The molecule has 0 amide bonds. The molecule has 0 aromatic heterocycles. The minimum absolute atomic E-state index is 0.380. The smallest absolute Gasteiger partial charge is 0.331 e. The Labute approximate surface area is 133 Å². The van der Waals surface area contributed by atoms with Gasteiger partial charge in [-0.2, -0.15) is 0 Å². The van der Waals surface area contributed by atoms with Crippen LogP contribution in [-0.4, -0.2) is 18.8 Å². The van der Waals surface area contributed by atoms with Gasteiger partial charge >= 0.3 is 5.97 Å². The minimum atomic E-state index is -1.18. The Hall–Kier alpha value is -1.49. The van der Waals surface area contributed by atoms with Gasteiger partial charge < -0.3 is 10.5 Å². The predicted octanol–water partition coefficient (Wildman–Crippen LogP) is 3.46. The largest absolute Gasteiger partial charge is 0.467 e. The van der Waals surface area contributed by atoms with Crippen molar-refractivity contribution in [3.63, 3.8) is 0 Å². The Bertz CT molecular complexity index is 603. The van der Waals surface area contributed by atoms with E-state index in [1.165, 1.54) is 18.9 Å². The monoisotopic (exact) mass is 321 g/mol. The molecule has 110 valence electrons. The molecule has 0 fully saturated rings. The van der Waals surface area contributed by atoms with E-state index in [2.05, 4.69) is 0 Å². The maximum absolute atomic E-state index is 12.1. The summed E-state index contributed by atoms with van der Waals surface area (Å²) in [5.41, 5.74) is 5.88. The van der Waals surface area contributed by atoms with Crippen molar-refractivity contribution in [1.82, 2.24) is 0 Å². The molecule has 3 nitrogen and oxygen atoms in total. The molecule has 0 radical (unpaired) electrons. The summed E-state index contributed by atoms with van der Waals surface area (Å²) < 4.78 is 4.88. The van der Waals surface area contributed by atoms with E-state index >= 15 is 0 Å². The van der Waals surface area contributed by atoms with Crippen LogP contribution in [0.3, 0.4) is 0 Å². The van der Waals surface area contributed by atoms with Crippen molar-refractivity contribution < 1.29 is 9.53 Å². The van der Waals surface area contributed by atoms with Gasteiger partial charge in [-0.25, -0.2) is 4.79 Å². The molecule has 2 N–H and O–H groups in total. The van der Waals surface area contributed by atoms with Gasteiger partial charge in [0.25, 0.3) is 0 Å². The standard InChI is InChI=1S/C16H16ClNO2S/c1-20-15(19)16(18,12-5-3-2-4-6-12)11-21-14-9-7-13(17)8-10-14/h2-10H,11,18H2,1H3. The molecule has 0 aliphatic rings. The van der Waals surface area contributed by atoms with Gasteiger partial charge in [-0.15, -0.1) is 11.8 Å². The SMILES string of the molecule is COC(=O)C(N)(CSc1ccc(Cl)cc1)c1ccccc1. The minimum Gasteiger partial charge on any atom is -0.467 e. The van der Waals surface area contributed by atoms with Crippen molar-refractivity contribution in [2.45, 2.75) is 10.4 Å². The average Bonchev–Trinajstić information content (AvgIpc) is 2.54.